The molecule has 214 valence electrons. The summed E-state index contributed by atoms with van der Waals surface area (Å²) in [5, 5.41) is 6.37. The number of carbonyl (C=O) groups is 1. The van der Waals surface area contributed by atoms with Gasteiger partial charge in [-0.2, -0.15) is 5.48 Å². The summed E-state index contributed by atoms with van der Waals surface area (Å²) >= 11 is 0. The van der Waals surface area contributed by atoms with Crippen LogP contribution in [0.4, 0.5) is 11.4 Å². The molecule has 0 saturated heterocycles. The number of rotatable bonds is 12. The predicted octanol–water partition coefficient (Wildman–Crippen LogP) is 5.40. The molecule has 0 unspecified atom stereocenters. The van der Waals surface area contributed by atoms with Crippen LogP contribution >= 0.6 is 0 Å². The second-order valence-electron chi connectivity index (χ2n) is 9.01. The zero-order valence-corrected chi connectivity index (χ0v) is 25.5. The van der Waals surface area contributed by atoms with Gasteiger partial charge in [-0.15, -0.1) is 0 Å². The lowest BCUT2D eigenvalue weighted by atomic mass is 10.1. The van der Waals surface area contributed by atoms with E-state index in [2.05, 4.69) is 43.3 Å². The molecule has 8 nitrogen and oxygen atoms in total. The van der Waals surface area contributed by atoms with Crippen molar-refractivity contribution in [3.63, 3.8) is 0 Å². The summed E-state index contributed by atoms with van der Waals surface area (Å²) in [5.41, 5.74) is 5.58. The lowest BCUT2D eigenvalue weighted by Crippen LogP contribution is -2.75. The van der Waals surface area contributed by atoms with Gasteiger partial charge in [-0.3, -0.25) is 4.79 Å². The number of nitrogens with two attached hydrogens (primary N) is 1. The van der Waals surface area contributed by atoms with E-state index in [1.807, 2.05) is 76.1 Å². The number of nitrogens with zero attached hydrogens (tertiary/aromatic N) is 2. The second-order valence-corrected chi connectivity index (χ2v) is 9.01. The fourth-order valence-electron chi connectivity index (χ4n) is 3.68. The summed E-state index contributed by atoms with van der Waals surface area (Å²) in [5.74, 6) is 1.56. The summed E-state index contributed by atoms with van der Waals surface area (Å²) in [6, 6.07) is 5.71. The van der Waals surface area contributed by atoms with Crippen LogP contribution < -0.4 is 20.9 Å². The maximum atomic E-state index is 13.3. The molecule has 0 fully saturated rings. The standard InChI is InChI=1S/C26H39N5O3.2C2H6/c1-18(2)15-31(16-19(3)4)26(32)20-9-8-10-22(24(13-20)27-5)28-17-29-23-12-11-21(30-34-7)14-25(23)33-6;2*1-2/h9-14,17-19,27,30H,8,15-16H2,1-7H3,(H,28,29);2*1-2H3/p+1. The van der Waals surface area contributed by atoms with Crippen LogP contribution in [0.1, 0.15) is 61.8 Å². The predicted molar refractivity (Wildman–Crippen MR) is 161 cm³/mol. The topological polar surface area (TPSA) is 91.8 Å². The van der Waals surface area contributed by atoms with Crippen molar-refractivity contribution in [1.29, 1.82) is 0 Å². The number of aliphatic imine (C=N–C) groups is 1. The van der Waals surface area contributed by atoms with Gasteiger partial charge in [0.2, 0.25) is 0 Å². The number of benzene rings is 1. The van der Waals surface area contributed by atoms with E-state index in [1.54, 1.807) is 26.0 Å². The van der Waals surface area contributed by atoms with Gasteiger partial charge < -0.3 is 20.3 Å². The van der Waals surface area contributed by atoms with Crippen molar-refractivity contribution in [3.05, 3.63) is 53.4 Å². The summed E-state index contributed by atoms with van der Waals surface area (Å²) in [6.07, 6.45) is 8.12. The number of amides is 1. The molecule has 1 amide bonds. The Kier molecular flexibility index (Phi) is 18.3. The van der Waals surface area contributed by atoms with Gasteiger partial charge in [-0.05, 0) is 30.4 Å². The molecule has 0 atom stereocenters. The molecular weight excluding hydrogens is 478 g/mol. The molecule has 1 aromatic carbocycles. The van der Waals surface area contributed by atoms with Crippen molar-refractivity contribution in [2.75, 3.05) is 39.7 Å². The van der Waals surface area contributed by atoms with E-state index >= 15 is 0 Å². The molecule has 1 aliphatic rings. The summed E-state index contributed by atoms with van der Waals surface area (Å²) < 4.78 is 5.47. The maximum absolute atomic E-state index is 13.3. The number of hydrogen-bond acceptors (Lipinski definition) is 5. The van der Waals surface area contributed by atoms with Crippen LogP contribution in [0.5, 0.6) is 5.75 Å². The molecule has 1 aromatic rings. The average molecular weight is 531 g/mol. The number of carbonyl (C=O) groups excluding carboxylic acids is 1. The molecule has 0 bridgehead atoms. The van der Waals surface area contributed by atoms with Crippen LogP contribution in [0, 0.1) is 11.8 Å². The molecule has 2 rings (SSSR count). The Balaban J connectivity index is 0.00000326. The molecule has 0 saturated carbocycles. The number of likely N-dealkylation sites (N-methyl/N-ethyl adjacent to an activating group) is 1. The van der Waals surface area contributed by atoms with Gasteiger partial charge in [0.05, 0.1) is 37.6 Å². The fourth-order valence-corrected chi connectivity index (χ4v) is 3.68. The first kappa shape index (κ1) is 34.9. The Morgan fingerprint density at radius 1 is 1.08 bits per heavy atom. The van der Waals surface area contributed by atoms with Crippen LogP contribution in [0.2, 0.25) is 0 Å². The molecule has 8 heteroatoms. The molecule has 0 heterocycles. The van der Waals surface area contributed by atoms with E-state index in [0.29, 0.717) is 29.6 Å². The Morgan fingerprint density at radius 3 is 2.24 bits per heavy atom. The van der Waals surface area contributed by atoms with Crippen LogP contribution in [-0.2, 0) is 9.63 Å². The summed E-state index contributed by atoms with van der Waals surface area (Å²) in [6.45, 7) is 18.0. The molecule has 38 heavy (non-hydrogen) atoms. The molecule has 0 aliphatic heterocycles. The van der Waals surface area contributed by atoms with Gasteiger partial charge in [0, 0.05) is 37.8 Å². The highest BCUT2D eigenvalue weighted by Gasteiger charge is 2.21. The van der Waals surface area contributed by atoms with E-state index in [0.717, 1.165) is 35.9 Å². The normalized spacial score (nSPS) is 12.8. The summed E-state index contributed by atoms with van der Waals surface area (Å²) in [7, 11) is 5.07. The number of methoxy groups -OCH3 is 1. The third-order valence-electron chi connectivity index (χ3n) is 5.10. The van der Waals surface area contributed by atoms with Crippen molar-refractivity contribution in [3.8, 4) is 5.75 Å². The molecule has 0 aromatic heterocycles. The van der Waals surface area contributed by atoms with Gasteiger partial charge in [-0.25, -0.2) is 9.83 Å². The molecule has 0 spiro atoms. The van der Waals surface area contributed by atoms with Crippen molar-refractivity contribution in [2.24, 2.45) is 16.8 Å². The third kappa shape index (κ3) is 12.0. The van der Waals surface area contributed by atoms with Crippen LogP contribution in [-0.4, -0.2) is 51.5 Å². The highest BCUT2D eigenvalue weighted by molar-refractivity contribution is 5.96. The van der Waals surface area contributed by atoms with Crippen LogP contribution in [0.3, 0.4) is 0 Å². The van der Waals surface area contributed by atoms with E-state index in [4.69, 9.17) is 9.57 Å². The van der Waals surface area contributed by atoms with Crippen molar-refractivity contribution < 1.29 is 19.8 Å². The largest absolute Gasteiger partial charge is 0.494 e. The Bertz CT molecular complexity index is 939. The number of nitrogens with one attached hydrogen (secondary N) is 2. The van der Waals surface area contributed by atoms with Crippen molar-refractivity contribution in [1.82, 2.24) is 10.2 Å². The maximum Gasteiger partial charge on any atom is 0.253 e. The lowest BCUT2D eigenvalue weighted by molar-refractivity contribution is -0.830. The molecule has 1 aliphatic carbocycles. The number of quaternary nitrogens is 1. The third-order valence-corrected chi connectivity index (χ3v) is 5.10. The zero-order valence-electron chi connectivity index (χ0n) is 25.5. The Hall–Kier alpha value is -3.10. The quantitative estimate of drug-likeness (QED) is 0.146. The minimum absolute atomic E-state index is 0.0598. The smallest absolute Gasteiger partial charge is 0.253 e. The van der Waals surface area contributed by atoms with E-state index in [1.165, 1.54) is 0 Å². The van der Waals surface area contributed by atoms with Gasteiger partial charge in [0.15, 0.2) is 5.69 Å². The van der Waals surface area contributed by atoms with E-state index in [9.17, 15) is 4.79 Å². The highest BCUT2D eigenvalue weighted by Crippen LogP contribution is 2.26. The van der Waals surface area contributed by atoms with Gasteiger partial charge in [-0.1, -0.05) is 67.5 Å². The van der Waals surface area contributed by atoms with Crippen LogP contribution in [0.25, 0.3) is 0 Å². The zero-order chi connectivity index (χ0) is 29.1. The van der Waals surface area contributed by atoms with Crippen molar-refractivity contribution >= 4 is 23.6 Å². The monoisotopic (exact) mass is 530 g/mol. The van der Waals surface area contributed by atoms with Gasteiger partial charge in [0.25, 0.3) is 5.91 Å². The number of allylic oxidation sites excluding steroid dienone is 2. The van der Waals surface area contributed by atoms with Gasteiger partial charge >= 0.3 is 0 Å². The van der Waals surface area contributed by atoms with E-state index < -0.39 is 0 Å². The number of ether oxygens (including phenoxy) is 1. The Morgan fingerprint density at radius 2 is 1.71 bits per heavy atom. The second kappa shape index (κ2) is 19.9. The average Bonchev–Trinajstić information content (AvgIpc) is 3.12. The SMILES string of the molecule is CC.CC.CNC1=CC(C(=O)N(CC(C)C)CC(C)C)=CCC=C1N=CNc1ccc([NH2+]OC)cc1OC. The molecule has 4 N–H and O–H groups in total. The van der Waals surface area contributed by atoms with Gasteiger partial charge in [0.1, 0.15) is 5.75 Å². The molecular formula is C30H52N5O3+. The number of hydrogen-bond donors (Lipinski definition) is 3. The first-order valence-corrected chi connectivity index (χ1v) is 13.7. The number of anilines is 1. The molecule has 0 radical (unpaired) electrons. The Labute approximate surface area is 231 Å². The fraction of sp³-hybridized carbons (Fsp3) is 0.533. The van der Waals surface area contributed by atoms with Crippen molar-refractivity contribution in [2.45, 2.75) is 61.8 Å². The minimum atomic E-state index is 0.0598. The lowest BCUT2D eigenvalue weighted by Gasteiger charge is -2.27. The minimum Gasteiger partial charge on any atom is -0.494 e. The highest BCUT2D eigenvalue weighted by atomic mass is 16.6. The van der Waals surface area contributed by atoms with E-state index in [-0.39, 0.29) is 5.91 Å². The first-order valence-electron chi connectivity index (χ1n) is 13.7. The van der Waals surface area contributed by atoms with Crippen LogP contribution in [0.15, 0.2) is 58.4 Å². The first-order chi connectivity index (χ1) is 18.3. The summed E-state index contributed by atoms with van der Waals surface area (Å²) in [4.78, 5) is 24.9.